The number of nitrogens with zero attached hydrogens (tertiary/aromatic N) is 2. The highest BCUT2D eigenvalue weighted by Gasteiger charge is 2.22. The van der Waals surface area contributed by atoms with E-state index in [1.807, 2.05) is 0 Å². The molecule has 2 aliphatic rings. The monoisotopic (exact) mass is 349 g/mol. The zero-order valence-electron chi connectivity index (χ0n) is 13.2. The van der Waals surface area contributed by atoms with Crippen LogP contribution < -0.4 is 10.1 Å². The number of halogens is 1. The highest BCUT2D eigenvalue weighted by atomic mass is 35.5. The van der Waals surface area contributed by atoms with Crippen molar-refractivity contribution in [2.75, 3.05) is 12.0 Å². The Morgan fingerprint density at radius 1 is 1.33 bits per heavy atom. The van der Waals surface area contributed by atoms with E-state index in [1.54, 1.807) is 36.7 Å². The fraction of sp³-hybridized carbons (Fsp3) is 0.412. The van der Waals surface area contributed by atoms with Crippen LogP contribution in [0, 0.1) is 0 Å². The molecule has 1 fully saturated rings. The molecular weight excluding hydrogens is 330 g/mol. The molecule has 0 spiro atoms. The third-order valence-corrected chi connectivity index (χ3v) is 4.31. The molecule has 0 bridgehead atoms. The minimum absolute atomic E-state index is 0.0321. The third kappa shape index (κ3) is 4.27. The predicted octanol–water partition coefficient (Wildman–Crippen LogP) is 3.41. The second-order valence-corrected chi connectivity index (χ2v) is 6.34. The van der Waals surface area contributed by atoms with Gasteiger partial charge in [0.2, 0.25) is 0 Å². The Bertz CT molecular complexity index is 654. The van der Waals surface area contributed by atoms with E-state index in [9.17, 15) is 9.90 Å². The van der Waals surface area contributed by atoms with E-state index in [0.717, 1.165) is 25.7 Å². The van der Waals surface area contributed by atoms with Crippen LogP contribution in [0.25, 0.3) is 0 Å². The van der Waals surface area contributed by atoms with Crippen molar-refractivity contribution in [2.24, 2.45) is 4.99 Å². The van der Waals surface area contributed by atoms with E-state index < -0.39 is 0 Å². The standard InChI is InChI=1S/C17H20ClN3O3/c18-12-2-7-16(24-14-5-3-13(22)4-6-14)15(10-12)20-17(23)21-9-1-8-19-11-21/h1-2,7-10,13-14,22H,3-6,11H2,(H,20,23). The second kappa shape index (κ2) is 7.68. The lowest BCUT2D eigenvalue weighted by Gasteiger charge is -2.27. The van der Waals surface area contributed by atoms with Gasteiger partial charge in [-0.2, -0.15) is 0 Å². The summed E-state index contributed by atoms with van der Waals surface area (Å²) in [7, 11) is 0. The molecule has 1 heterocycles. The van der Waals surface area contributed by atoms with Gasteiger partial charge in [0.05, 0.1) is 17.9 Å². The Kier molecular flexibility index (Phi) is 5.37. The first-order valence-corrected chi connectivity index (χ1v) is 8.38. The number of anilines is 1. The summed E-state index contributed by atoms with van der Waals surface area (Å²) in [4.78, 5) is 17.8. The van der Waals surface area contributed by atoms with Crippen LogP contribution in [-0.4, -0.2) is 41.1 Å². The normalized spacial score (nSPS) is 23.2. The first-order chi connectivity index (χ1) is 11.6. The summed E-state index contributed by atoms with van der Waals surface area (Å²) in [5.41, 5.74) is 0.529. The number of aliphatic imine (C=N–C) groups is 1. The quantitative estimate of drug-likeness (QED) is 0.878. The minimum atomic E-state index is -0.297. The van der Waals surface area contributed by atoms with Crippen LogP contribution in [0.15, 0.2) is 35.5 Å². The maximum Gasteiger partial charge on any atom is 0.327 e. The lowest BCUT2D eigenvalue weighted by Crippen LogP contribution is -2.32. The van der Waals surface area contributed by atoms with Crippen molar-refractivity contribution < 1.29 is 14.6 Å². The van der Waals surface area contributed by atoms with Crippen LogP contribution in [-0.2, 0) is 0 Å². The van der Waals surface area contributed by atoms with E-state index in [1.165, 1.54) is 4.90 Å². The van der Waals surface area contributed by atoms with Gasteiger partial charge in [-0.1, -0.05) is 11.6 Å². The van der Waals surface area contributed by atoms with Crippen molar-refractivity contribution in [1.29, 1.82) is 0 Å². The molecule has 0 atom stereocenters. The van der Waals surface area contributed by atoms with Gasteiger partial charge in [-0.3, -0.25) is 9.89 Å². The van der Waals surface area contributed by atoms with Gasteiger partial charge in [0.15, 0.2) is 0 Å². The summed E-state index contributed by atoms with van der Waals surface area (Å²) in [6, 6.07) is 4.86. The molecule has 1 aromatic carbocycles. The molecule has 128 valence electrons. The van der Waals surface area contributed by atoms with Crippen LogP contribution in [0.4, 0.5) is 10.5 Å². The first kappa shape index (κ1) is 16.8. The molecule has 3 rings (SSSR count). The summed E-state index contributed by atoms with van der Waals surface area (Å²) in [6.07, 6.45) is 7.86. The summed E-state index contributed by atoms with van der Waals surface area (Å²) >= 11 is 6.06. The van der Waals surface area contributed by atoms with E-state index in [-0.39, 0.29) is 24.9 Å². The fourth-order valence-electron chi connectivity index (χ4n) is 2.75. The van der Waals surface area contributed by atoms with Gasteiger partial charge in [0.1, 0.15) is 12.4 Å². The van der Waals surface area contributed by atoms with Crippen LogP contribution in [0.3, 0.4) is 0 Å². The zero-order valence-corrected chi connectivity index (χ0v) is 13.9. The van der Waals surface area contributed by atoms with E-state index >= 15 is 0 Å². The molecule has 1 aliphatic heterocycles. The molecule has 0 radical (unpaired) electrons. The number of aliphatic hydroxyl groups excluding tert-OH is 1. The number of benzene rings is 1. The van der Waals surface area contributed by atoms with E-state index in [2.05, 4.69) is 10.3 Å². The molecule has 1 aromatic rings. The lowest BCUT2D eigenvalue weighted by atomic mass is 9.95. The molecule has 2 amide bonds. The van der Waals surface area contributed by atoms with Crippen molar-refractivity contribution >= 4 is 29.5 Å². The number of aliphatic hydroxyl groups is 1. The SMILES string of the molecule is O=C(Nc1cc(Cl)ccc1OC1CCC(O)CC1)N1C=CC=NC1. The largest absolute Gasteiger partial charge is 0.488 e. The number of ether oxygens (including phenoxy) is 1. The number of rotatable bonds is 3. The number of carbonyl (C=O) groups is 1. The number of hydrogen-bond acceptors (Lipinski definition) is 4. The highest BCUT2D eigenvalue weighted by molar-refractivity contribution is 6.31. The van der Waals surface area contributed by atoms with Gasteiger partial charge in [-0.15, -0.1) is 0 Å². The van der Waals surface area contributed by atoms with Crippen molar-refractivity contribution in [3.63, 3.8) is 0 Å². The topological polar surface area (TPSA) is 74.2 Å². The van der Waals surface area contributed by atoms with Crippen molar-refractivity contribution in [3.05, 3.63) is 35.5 Å². The number of carbonyl (C=O) groups excluding carboxylic acids is 1. The molecule has 1 saturated carbocycles. The maximum atomic E-state index is 12.3. The van der Waals surface area contributed by atoms with Crippen LogP contribution in [0.5, 0.6) is 5.75 Å². The molecule has 6 nitrogen and oxygen atoms in total. The molecule has 7 heteroatoms. The van der Waals surface area contributed by atoms with Crippen molar-refractivity contribution in [3.8, 4) is 5.75 Å². The smallest absolute Gasteiger partial charge is 0.327 e. The third-order valence-electron chi connectivity index (χ3n) is 4.07. The predicted molar refractivity (Wildman–Crippen MR) is 93.7 cm³/mol. The van der Waals surface area contributed by atoms with Gasteiger partial charge < -0.3 is 15.2 Å². The Morgan fingerprint density at radius 3 is 2.83 bits per heavy atom. The summed E-state index contributed by atoms with van der Waals surface area (Å²) in [6.45, 7) is 0.277. The maximum absolute atomic E-state index is 12.3. The summed E-state index contributed by atoms with van der Waals surface area (Å²) in [5, 5.41) is 12.9. The van der Waals surface area contributed by atoms with Gasteiger partial charge in [0, 0.05) is 17.4 Å². The molecule has 24 heavy (non-hydrogen) atoms. The molecule has 0 unspecified atom stereocenters. The Balaban J connectivity index is 1.69. The zero-order chi connectivity index (χ0) is 16.9. The average Bonchev–Trinajstić information content (AvgIpc) is 2.60. The molecule has 0 saturated heterocycles. The number of allylic oxidation sites excluding steroid dienone is 1. The summed E-state index contributed by atoms with van der Waals surface area (Å²) < 4.78 is 6.03. The van der Waals surface area contributed by atoms with Gasteiger partial charge >= 0.3 is 6.03 Å². The van der Waals surface area contributed by atoms with Gasteiger partial charge in [0.25, 0.3) is 0 Å². The first-order valence-electron chi connectivity index (χ1n) is 8.00. The fourth-order valence-corrected chi connectivity index (χ4v) is 2.92. The van der Waals surface area contributed by atoms with Crippen molar-refractivity contribution in [2.45, 2.75) is 37.9 Å². The van der Waals surface area contributed by atoms with Crippen LogP contribution in [0.1, 0.15) is 25.7 Å². The minimum Gasteiger partial charge on any atom is -0.488 e. The average molecular weight is 350 g/mol. The molecule has 2 N–H and O–H groups in total. The summed E-state index contributed by atoms with van der Waals surface area (Å²) in [5.74, 6) is 0.582. The van der Waals surface area contributed by atoms with Crippen LogP contribution in [0.2, 0.25) is 5.02 Å². The Morgan fingerprint density at radius 2 is 2.12 bits per heavy atom. The molecule has 1 aliphatic carbocycles. The van der Waals surface area contributed by atoms with E-state index in [4.69, 9.17) is 16.3 Å². The Hall–Kier alpha value is -2.05. The molecular formula is C17H20ClN3O3. The van der Waals surface area contributed by atoms with Crippen molar-refractivity contribution in [1.82, 2.24) is 4.90 Å². The number of hydrogen-bond donors (Lipinski definition) is 2. The lowest BCUT2D eigenvalue weighted by molar-refractivity contribution is 0.0669. The molecule has 0 aromatic heterocycles. The Labute approximate surface area is 145 Å². The highest BCUT2D eigenvalue weighted by Crippen LogP contribution is 2.32. The number of amides is 2. The number of nitrogens with one attached hydrogen (secondary N) is 1. The number of urea groups is 1. The van der Waals surface area contributed by atoms with Crippen LogP contribution >= 0.6 is 11.6 Å². The van der Waals surface area contributed by atoms with Gasteiger partial charge in [-0.05, 0) is 50.0 Å². The second-order valence-electron chi connectivity index (χ2n) is 5.90. The van der Waals surface area contributed by atoms with E-state index in [0.29, 0.717) is 16.5 Å². The van der Waals surface area contributed by atoms with Gasteiger partial charge in [-0.25, -0.2) is 4.79 Å².